The zero-order valence-corrected chi connectivity index (χ0v) is 19.5. The molecule has 0 saturated heterocycles. The Labute approximate surface area is 193 Å². The van der Waals surface area contributed by atoms with E-state index >= 15 is 0 Å². The van der Waals surface area contributed by atoms with Crippen molar-refractivity contribution < 1.29 is 4.74 Å². The quantitative estimate of drug-likeness (QED) is 0.277. The number of hydrogen-bond acceptors (Lipinski definition) is 3. The summed E-state index contributed by atoms with van der Waals surface area (Å²) in [5.41, 5.74) is 3.17. The highest BCUT2D eigenvalue weighted by Gasteiger charge is 2.05. The number of hydrogen-bond donors (Lipinski definition) is 2. The molecule has 0 amide bonds. The van der Waals surface area contributed by atoms with Crippen molar-refractivity contribution in [2.24, 2.45) is 4.99 Å². The minimum absolute atomic E-state index is 0. The predicted molar refractivity (Wildman–Crippen MR) is 129 cm³/mol. The first-order valence-corrected chi connectivity index (χ1v) is 9.43. The minimum atomic E-state index is 0. The Morgan fingerprint density at radius 2 is 1.97 bits per heavy atom. The summed E-state index contributed by atoms with van der Waals surface area (Å²) >= 11 is 6.29. The summed E-state index contributed by atoms with van der Waals surface area (Å²) in [6.45, 7) is 1.35. The van der Waals surface area contributed by atoms with Crippen molar-refractivity contribution in [2.45, 2.75) is 13.0 Å². The third-order valence-corrected chi connectivity index (χ3v) is 4.64. The van der Waals surface area contributed by atoms with E-state index in [9.17, 15) is 0 Å². The number of benzene rings is 2. The van der Waals surface area contributed by atoms with Crippen LogP contribution in [0, 0.1) is 0 Å². The fourth-order valence-electron chi connectivity index (χ4n) is 2.75. The van der Waals surface area contributed by atoms with Crippen LogP contribution in [0.3, 0.4) is 0 Å². The second kappa shape index (κ2) is 11.7. The molecule has 1 aromatic heterocycles. The normalized spacial score (nSPS) is 10.9. The zero-order valence-electron chi connectivity index (χ0n) is 16.4. The van der Waals surface area contributed by atoms with Crippen molar-refractivity contribution in [1.29, 1.82) is 0 Å². The molecule has 3 aromatic rings. The molecule has 0 bridgehead atoms. The van der Waals surface area contributed by atoms with Crippen molar-refractivity contribution in [2.75, 3.05) is 20.7 Å². The van der Waals surface area contributed by atoms with Crippen molar-refractivity contribution in [3.63, 3.8) is 0 Å². The number of halogens is 2. The van der Waals surface area contributed by atoms with Crippen molar-refractivity contribution in [3.05, 3.63) is 77.1 Å². The molecule has 0 fully saturated rings. The van der Waals surface area contributed by atoms with E-state index in [1.54, 1.807) is 14.2 Å². The van der Waals surface area contributed by atoms with Crippen molar-refractivity contribution >= 4 is 41.5 Å². The molecule has 0 saturated carbocycles. The van der Waals surface area contributed by atoms with Crippen molar-refractivity contribution in [3.8, 4) is 11.4 Å². The molecule has 1 heterocycles. The Bertz CT molecular complexity index is 930. The predicted octanol–water partition coefficient (Wildman–Crippen LogP) is 4.06. The fourth-order valence-corrected chi connectivity index (χ4v) is 3.02. The molecule has 0 spiro atoms. The number of methoxy groups -OCH3 is 1. The van der Waals surface area contributed by atoms with E-state index in [0.29, 0.717) is 11.6 Å². The van der Waals surface area contributed by atoms with Gasteiger partial charge in [-0.3, -0.25) is 4.99 Å². The van der Waals surface area contributed by atoms with Crippen LogP contribution in [0.1, 0.15) is 11.1 Å². The Balaban J connectivity index is 0.00000300. The zero-order chi connectivity index (χ0) is 19.8. The molecule has 6 nitrogen and oxygen atoms in total. The van der Waals surface area contributed by atoms with Gasteiger partial charge in [-0.2, -0.15) is 5.10 Å². The third kappa shape index (κ3) is 6.64. The van der Waals surface area contributed by atoms with Gasteiger partial charge in [0.1, 0.15) is 5.75 Å². The number of rotatable bonds is 7. The Kier molecular flexibility index (Phi) is 9.27. The van der Waals surface area contributed by atoms with Crippen LogP contribution in [0.15, 0.2) is 65.9 Å². The monoisotopic (exact) mass is 525 g/mol. The van der Waals surface area contributed by atoms with E-state index < -0.39 is 0 Å². The largest absolute Gasteiger partial charge is 0.497 e. The average Bonchev–Trinajstić information content (AvgIpc) is 3.21. The highest BCUT2D eigenvalue weighted by molar-refractivity contribution is 14.0. The highest BCUT2D eigenvalue weighted by atomic mass is 127. The Hall–Kier alpha value is -2.26. The lowest BCUT2D eigenvalue weighted by Gasteiger charge is -2.12. The van der Waals surface area contributed by atoms with Gasteiger partial charge >= 0.3 is 0 Å². The van der Waals surface area contributed by atoms with Crippen LogP contribution in [0.5, 0.6) is 5.75 Å². The summed E-state index contributed by atoms with van der Waals surface area (Å²) < 4.78 is 7.04. The highest BCUT2D eigenvalue weighted by Crippen LogP contribution is 2.22. The van der Waals surface area contributed by atoms with E-state index in [-0.39, 0.29) is 24.0 Å². The molecule has 154 valence electrons. The summed E-state index contributed by atoms with van der Waals surface area (Å²) in [5, 5.41) is 11.7. The lowest BCUT2D eigenvalue weighted by Crippen LogP contribution is -2.37. The molecule has 2 aromatic carbocycles. The van der Waals surface area contributed by atoms with Gasteiger partial charge in [0.05, 0.1) is 19.0 Å². The standard InChI is InChI=1S/C21H24ClN5O.HI/c1-23-21(24-11-10-17-8-9-19(28-2)12-20(17)22)25-13-16-14-26-27(15-16)18-6-4-3-5-7-18;/h3-9,12,14-15H,10-11,13H2,1-2H3,(H2,23,24,25);1H. The molecule has 0 aliphatic carbocycles. The lowest BCUT2D eigenvalue weighted by atomic mass is 10.1. The van der Waals surface area contributed by atoms with E-state index in [1.807, 2.05) is 65.6 Å². The van der Waals surface area contributed by atoms with Gasteiger partial charge in [0, 0.05) is 36.9 Å². The number of aromatic nitrogens is 2. The summed E-state index contributed by atoms with van der Waals surface area (Å²) in [6.07, 6.45) is 4.65. The molecule has 0 atom stereocenters. The molecule has 8 heteroatoms. The number of ether oxygens (including phenoxy) is 1. The van der Waals surface area contributed by atoms with E-state index in [4.69, 9.17) is 16.3 Å². The average molecular weight is 526 g/mol. The first-order valence-electron chi connectivity index (χ1n) is 9.05. The van der Waals surface area contributed by atoms with Crippen LogP contribution < -0.4 is 15.4 Å². The number of nitrogens with one attached hydrogen (secondary N) is 2. The number of aliphatic imine (C=N–C) groups is 1. The maximum Gasteiger partial charge on any atom is 0.191 e. The van der Waals surface area contributed by atoms with Gasteiger partial charge in [-0.25, -0.2) is 4.68 Å². The van der Waals surface area contributed by atoms with Gasteiger partial charge in [-0.1, -0.05) is 35.9 Å². The van der Waals surface area contributed by atoms with E-state index in [2.05, 4.69) is 20.7 Å². The molecular formula is C21H25ClIN5O. The molecule has 0 unspecified atom stereocenters. The van der Waals surface area contributed by atoms with Crippen LogP contribution in [0.2, 0.25) is 5.02 Å². The maximum absolute atomic E-state index is 6.29. The molecular weight excluding hydrogens is 501 g/mol. The smallest absolute Gasteiger partial charge is 0.191 e. The van der Waals surface area contributed by atoms with E-state index in [0.717, 1.165) is 41.5 Å². The number of nitrogens with zero attached hydrogens (tertiary/aromatic N) is 3. The summed E-state index contributed by atoms with van der Waals surface area (Å²) in [4.78, 5) is 4.26. The number of para-hydroxylation sites is 1. The topological polar surface area (TPSA) is 63.5 Å². The molecule has 3 rings (SSSR count). The first-order chi connectivity index (χ1) is 13.7. The van der Waals surface area contributed by atoms with Crippen molar-refractivity contribution in [1.82, 2.24) is 20.4 Å². The van der Waals surface area contributed by atoms with Crippen LogP contribution in [-0.2, 0) is 13.0 Å². The second-order valence-electron chi connectivity index (χ2n) is 6.19. The van der Waals surface area contributed by atoms with Gasteiger partial charge in [0.25, 0.3) is 0 Å². The molecule has 29 heavy (non-hydrogen) atoms. The second-order valence-corrected chi connectivity index (χ2v) is 6.60. The fraction of sp³-hybridized carbons (Fsp3) is 0.238. The molecule has 0 aliphatic rings. The van der Waals surface area contributed by atoms with Gasteiger partial charge in [-0.15, -0.1) is 24.0 Å². The summed E-state index contributed by atoms with van der Waals surface area (Å²) in [7, 11) is 3.38. The van der Waals surface area contributed by atoms with Crippen LogP contribution in [0.4, 0.5) is 0 Å². The van der Waals surface area contributed by atoms with Gasteiger partial charge < -0.3 is 15.4 Å². The molecule has 2 N–H and O–H groups in total. The summed E-state index contributed by atoms with van der Waals surface area (Å²) in [6, 6.07) is 15.8. The maximum atomic E-state index is 6.29. The van der Waals surface area contributed by atoms with Crippen LogP contribution >= 0.6 is 35.6 Å². The van der Waals surface area contributed by atoms with Gasteiger partial charge in [-0.05, 0) is 36.2 Å². The van der Waals surface area contributed by atoms with Gasteiger partial charge in [0.15, 0.2) is 5.96 Å². The molecule has 0 aliphatic heterocycles. The summed E-state index contributed by atoms with van der Waals surface area (Å²) in [5.74, 6) is 1.49. The molecule has 0 radical (unpaired) electrons. The number of guanidine groups is 1. The van der Waals surface area contributed by atoms with E-state index in [1.165, 1.54) is 0 Å². The SMILES string of the molecule is CN=C(NCCc1ccc(OC)cc1Cl)NCc1cnn(-c2ccccc2)c1.I. The first kappa shape index (κ1) is 23.0. The Morgan fingerprint density at radius 3 is 2.66 bits per heavy atom. The van der Waals surface area contributed by atoms with Crippen LogP contribution in [0.25, 0.3) is 5.69 Å². The lowest BCUT2D eigenvalue weighted by molar-refractivity contribution is 0.414. The third-order valence-electron chi connectivity index (χ3n) is 4.29. The van der Waals surface area contributed by atoms with Gasteiger partial charge in [0.2, 0.25) is 0 Å². The minimum Gasteiger partial charge on any atom is -0.497 e. The van der Waals surface area contributed by atoms with Crippen LogP contribution in [-0.4, -0.2) is 36.4 Å². The Morgan fingerprint density at radius 1 is 1.17 bits per heavy atom.